The third-order valence-corrected chi connectivity index (χ3v) is 3.89. The highest BCUT2D eigenvalue weighted by Crippen LogP contribution is 2.24. The smallest absolute Gasteiger partial charge is 0.242 e. The van der Waals surface area contributed by atoms with E-state index < -0.39 is 0 Å². The van der Waals surface area contributed by atoms with Gasteiger partial charge in [-0.2, -0.15) is 0 Å². The zero-order chi connectivity index (χ0) is 11.8. The maximum absolute atomic E-state index is 12.2. The highest BCUT2D eigenvalue weighted by Gasteiger charge is 2.41. The number of nitrogens with one attached hydrogen (secondary N) is 2. The summed E-state index contributed by atoms with van der Waals surface area (Å²) in [6.45, 7) is 1.47. The third-order valence-electron chi connectivity index (χ3n) is 3.89. The van der Waals surface area contributed by atoms with Gasteiger partial charge in [0.25, 0.3) is 0 Å². The summed E-state index contributed by atoms with van der Waals surface area (Å²) in [7, 11) is 0. The van der Waals surface area contributed by atoms with E-state index in [9.17, 15) is 9.59 Å². The number of carbonyl (C=O) groups excluding carboxylic acids is 2. The van der Waals surface area contributed by atoms with Gasteiger partial charge in [0.05, 0.1) is 6.04 Å². The highest BCUT2D eigenvalue weighted by atomic mass is 16.2. The van der Waals surface area contributed by atoms with Gasteiger partial charge in [-0.1, -0.05) is 0 Å². The number of rotatable bonds is 3. The molecule has 2 atom stereocenters. The van der Waals surface area contributed by atoms with Crippen molar-refractivity contribution in [3.8, 4) is 0 Å². The fourth-order valence-corrected chi connectivity index (χ4v) is 2.75. The summed E-state index contributed by atoms with van der Waals surface area (Å²) in [5.41, 5.74) is 0. The Hall–Kier alpha value is -1.10. The molecule has 0 aromatic rings. The van der Waals surface area contributed by atoms with Gasteiger partial charge in [0, 0.05) is 19.1 Å². The van der Waals surface area contributed by atoms with Crippen LogP contribution < -0.4 is 10.6 Å². The fraction of sp³-hybridized carbons (Fsp3) is 0.833. The summed E-state index contributed by atoms with van der Waals surface area (Å²) < 4.78 is 0. The zero-order valence-corrected chi connectivity index (χ0v) is 9.95. The average molecular weight is 237 g/mol. The van der Waals surface area contributed by atoms with Crippen molar-refractivity contribution in [3.63, 3.8) is 0 Å². The summed E-state index contributed by atoms with van der Waals surface area (Å²) in [5.74, 6) is 0.149. The third kappa shape index (κ3) is 2.16. The standard InChI is InChI=1S/C12H19N3O2/c16-11-10(2-1-6-13-11)15-7-5-9(12(15)17)14-8-3-4-8/h8-10,14H,1-7H2,(H,13,16). The Morgan fingerprint density at radius 1 is 1.18 bits per heavy atom. The van der Waals surface area contributed by atoms with Crippen molar-refractivity contribution >= 4 is 11.8 Å². The predicted octanol–water partition coefficient (Wildman–Crippen LogP) is -0.382. The number of piperidine rings is 1. The molecule has 2 N–H and O–H groups in total. The topological polar surface area (TPSA) is 61.4 Å². The van der Waals surface area contributed by atoms with Gasteiger partial charge in [-0.15, -0.1) is 0 Å². The van der Waals surface area contributed by atoms with Gasteiger partial charge in [-0.25, -0.2) is 0 Å². The molecule has 5 heteroatoms. The van der Waals surface area contributed by atoms with Crippen molar-refractivity contribution < 1.29 is 9.59 Å². The van der Waals surface area contributed by atoms with E-state index in [1.165, 1.54) is 12.8 Å². The number of hydrogen-bond donors (Lipinski definition) is 2. The average Bonchev–Trinajstić information content (AvgIpc) is 3.07. The molecule has 2 unspecified atom stereocenters. The predicted molar refractivity (Wildman–Crippen MR) is 62.3 cm³/mol. The Morgan fingerprint density at radius 2 is 2.00 bits per heavy atom. The molecule has 0 bridgehead atoms. The van der Waals surface area contributed by atoms with E-state index in [0.29, 0.717) is 6.04 Å². The molecule has 2 heterocycles. The van der Waals surface area contributed by atoms with Crippen LogP contribution in [0.3, 0.4) is 0 Å². The highest BCUT2D eigenvalue weighted by molar-refractivity contribution is 5.91. The minimum atomic E-state index is -0.220. The van der Waals surface area contributed by atoms with Gasteiger partial charge in [-0.05, 0) is 32.1 Å². The molecule has 5 nitrogen and oxygen atoms in total. The summed E-state index contributed by atoms with van der Waals surface area (Å²) in [6.07, 6.45) is 5.01. The second-order valence-corrected chi connectivity index (χ2v) is 5.26. The van der Waals surface area contributed by atoms with Gasteiger partial charge in [-0.3, -0.25) is 9.59 Å². The van der Waals surface area contributed by atoms with Gasteiger partial charge < -0.3 is 15.5 Å². The van der Waals surface area contributed by atoms with Gasteiger partial charge in [0.15, 0.2) is 0 Å². The van der Waals surface area contributed by atoms with Crippen molar-refractivity contribution in [3.05, 3.63) is 0 Å². The number of likely N-dealkylation sites (tertiary alicyclic amines) is 1. The number of amides is 2. The monoisotopic (exact) mass is 237 g/mol. The van der Waals surface area contributed by atoms with Crippen LogP contribution in [0, 0.1) is 0 Å². The normalized spacial score (nSPS) is 34.0. The number of carbonyl (C=O) groups is 2. The van der Waals surface area contributed by atoms with E-state index in [1.54, 1.807) is 4.90 Å². The number of hydrogen-bond acceptors (Lipinski definition) is 3. The van der Waals surface area contributed by atoms with E-state index in [4.69, 9.17) is 0 Å². The zero-order valence-electron chi connectivity index (χ0n) is 9.95. The minimum absolute atomic E-state index is 0.0247. The second kappa shape index (κ2) is 4.29. The van der Waals surface area contributed by atoms with Crippen molar-refractivity contribution in [1.29, 1.82) is 0 Å². The van der Waals surface area contributed by atoms with Gasteiger partial charge >= 0.3 is 0 Å². The molecule has 2 saturated heterocycles. The summed E-state index contributed by atoms with van der Waals surface area (Å²) >= 11 is 0. The molecule has 3 aliphatic rings. The lowest BCUT2D eigenvalue weighted by atomic mass is 10.1. The molecule has 2 aliphatic heterocycles. The van der Waals surface area contributed by atoms with E-state index in [0.717, 1.165) is 32.4 Å². The van der Waals surface area contributed by atoms with Crippen LogP contribution >= 0.6 is 0 Å². The quantitative estimate of drug-likeness (QED) is 0.703. The van der Waals surface area contributed by atoms with Crippen molar-refractivity contribution in [2.45, 2.75) is 50.2 Å². The lowest BCUT2D eigenvalue weighted by Gasteiger charge is -2.30. The van der Waals surface area contributed by atoms with E-state index in [1.807, 2.05) is 0 Å². The molecule has 3 rings (SSSR count). The largest absolute Gasteiger partial charge is 0.354 e. The summed E-state index contributed by atoms with van der Waals surface area (Å²) in [5, 5.41) is 6.21. The molecule has 1 aliphatic carbocycles. The maximum Gasteiger partial charge on any atom is 0.242 e. The Labute approximate surface area is 101 Å². The van der Waals surface area contributed by atoms with E-state index in [-0.39, 0.29) is 23.9 Å². The van der Waals surface area contributed by atoms with Crippen LogP contribution in [-0.4, -0.2) is 47.9 Å². The molecule has 0 aromatic carbocycles. The minimum Gasteiger partial charge on any atom is -0.354 e. The first-order valence-electron chi connectivity index (χ1n) is 6.60. The molecule has 0 spiro atoms. The first-order chi connectivity index (χ1) is 8.25. The SMILES string of the molecule is O=C1NCCCC1N1CCC(NC2CC2)C1=O. The molecule has 17 heavy (non-hydrogen) atoms. The first-order valence-corrected chi connectivity index (χ1v) is 6.60. The Balaban J connectivity index is 1.63. The fourth-order valence-electron chi connectivity index (χ4n) is 2.75. The van der Waals surface area contributed by atoms with Crippen LogP contribution in [-0.2, 0) is 9.59 Å². The molecule has 1 saturated carbocycles. The summed E-state index contributed by atoms with van der Waals surface area (Å²) in [6, 6.07) is 0.281. The lowest BCUT2D eigenvalue weighted by Crippen LogP contribution is -2.52. The van der Waals surface area contributed by atoms with Crippen molar-refractivity contribution in [2.75, 3.05) is 13.1 Å². The van der Waals surface area contributed by atoms with Gasteiger partial charge in [0.2, 0.25) is 11.8 Å². The second-order valence-electron chi connectivity index (χ2n) is 5.26. The van der Waals surface area contributed by atoms with Crippen molar-refractivity contribution in [2.24, 2.45) is 0 Å². The first kappa shape index (κ1) is 11.0. The van der Waals surface area contributed by atoms with Crippen LogP contribution in [0.2, 0.25) is 0 Å². The Kier molecular flexibility index (Phi) is 2.78. The van der Waals surface area contributed by atoms with Crippen LogP contribution in [0.25, 0.3) is 0 Å². The molecule has 94 valence electrons. The van der Waals surface area contributed by atoms with Crippen LogP contribution in [0.4, 0.5) is 0 Å². The molecule has 0 radical (unpaired) electrons. The van der Waals surface area contributed by atoms with Crippen LogP contribution in [0.5, 0.6) is 0 Å². The van der Waals surface area contributed by atoms with E-state index in [2.05, 4.69) is 10.6 Å². The maximum atomic E-state index is 12.2. The molecular formula is C12H19N3O2. The Bertz CT molecular complexity index is 341. The lowest BCUT2D eigenvalue weighted by molar-refractivity contribution is -0.139. The molecule has 0 aromatic heterocycles. The summed E-state index contributed by atoms with van der Waals surface area (Å²) in [4.78, 5) is 25.7. The van der Waals surface area contributed by atoms with Crippen LogP contribution in [0.15, 0.2) is 0 Å². The molecule has 2 amide bonds. The van der Waals surface area contributed by atoms with Gasteiger partial charge in [0.1, 0.15) is 6.04 Å². The number of nitrogens with zero attached hydrogens (tertiary/aromatic N) is 1. The van der Waals surface area contributed by atoms with Crippen molar-refractivity contribution in [1.82, 2.24) is 15.5 Å². The van der Waals surface area contributed by atoms with E-state index >= 15 is 0 Å². The Morgan fingerprint density at radius 3 is 2.71 bits per heavy atom. The molecule has 3 fully saturated rings. The van der Waals surface area contributed by atoms with Crippen LogP contribution in [0.1, 0.15) is 32.1 Å². The molecular weight excluding hydrogens is 218 g/mol.